The molecular weight excluding hydrogens is 508 g/mol. The fraction of sp³-hybridized carbons (Fsp3) is 0.206. The number of benzene rings is 2. The third-order valence-electron chi connectivity index (χ3n) is 7.57. The Labute approximate surface area is 240 Å². The Bertz CT molecular complexity index is 1760. The maximum absolute atomic E-state index is 5.34. The zero-order valence-electron chi connectivity index (χ0n) is 23.6. The van der Waals surface area contributed by atoms with E-state index in [0.29, 0.717) is 0 Å². The predicted octanol–water partition coefficient (Wildman–Crippen LogP) is 7.48. The van der Waals surface area contributed by atoms with Crippen molar-refractivity contribution < 1.29 is 4.42 Å². The summed E-state index contributed by atoms with van der Waals surface area (Å²) in [5.41, 5.74) is 10.6. The van der Waals surface area contributed by atoms with Crippen LogP contribution in [0.5, 0.6) is 0 Å². The van der Waals surface area contributed by atoms with E-state index in [1.807, 2.05) is 50.8 Å². The number of rotatable bonds is 7. The average Bonchev–Trinajstić information content (AvgIpc) is 3.77. The molecule has 4 aromatic heterocycles. The molecule has 5 heterocycles. The summed E-state index contributed by atoms with van der Waals surface area (Å²) in [6.45, 7) is 7.79. The first-order chi connectivity index (χ1) is 20.2. The number of nitrogens with zero attached hydrogens (tertiary/aromatic N) is 3. The Balaban J connectivity index is 0.00000148. The molecule has 0 amide bonds. The number of aromatic amines is 1. The van der Waals surface area contributed by atoms with Crippen LogP contribution in [0.1, 0.15) is 43.2 Å². The van der Waals surface area contributed by atoms with E-state index >= 15 is 0 Å². The van der Waals surface area contributed by atoms with Gasteiger partial charge < -0.3 is 15.1 Å². The van der Waals surface area contributed by atoms with Crippen LogP contribution in [0.25, 0.3) is 33.2 Å². The summed E-state index contributed by atoms with van der Waals surface area (Å²) < 4.78 is 5.34. The Kier molecular flexibility index (Phi) is 7.35. The lowest BCUT2D eigenvalue weighted by Gasteiger charge is -2.24. The first kappa shape index (κ1) is 26.5. The van der Waals surface area contributed by atoms with Gasteiger partial charge >= 0.3 is 0 Å². The van der Waals surface area contributed by atoms with Gasteiger partial charge in [0.2, 0.25) is 0 Å². The van der Waals surface area contributed by atoms with Gasteiger partial charge in [0.25, 0.3) is 0 Å². The molecule has 7 rings (SSSR count). The molecule has 1 atom stereocenters. The van der Waals surface area contributed by atoms with Gasteiger partial charge in [-0.25, -0.2) is 0 Å². The largest absolute Gasteiger partial charge is 0.472 e. The summed E-state index contributed by atoms with van der Waals surface area (Å²) in [5.74, 6) is 0. The van der Waals surface area contributed by atoms with Gasteiger partial charge in [-0.1, -0.05) is 50.2 Å². The van der Waals surface area contributed by atoms with E-state index in [1.165, 1.54) is 11.1 Å². The van der Waals surface area contributed by atoms with Crippen molar-refractivity contribution in [2.24, 2.45) is 0 Å². The third-order valence-corrected chi connectivity index (χ3v) is 7.57. The minimum absolute atomic E-state index is 0.362. The van der Waals surface area contributed by atoms with Crippen molar-refractivity contribution >= 4 is 16.6 Å². The molecule has 0 radical (unpaired) electrons. The summed E-state index contributed by atoms with van der Waals surface area (Å²) in [5, 5.41) is 16.3. The zero-order valence-corrected chi connectivity index (χ0v) is 23.6. The van der Waals surface area contributed by atoms with Crippen molar-refractivity contribution in [3.8, 4) is 22.3 Å². The molecule has 3 N–H and O–H groups in total. The molecule has 7 nitrogen and oxygen atoms in total. The Morgan fingerprint density at radius 1 is 0.854 bits per heavy atom. The molecule has 1 unspecified atom stereocenters. The molecule has 0 saturated heterocycles. The Morgan fingerprint density at radius 3 is 2.51 bits per heavy atom. The van der Waals surface area contributed by atoms with Crippen LogP contribution < -0.4 is 10.6 Å². The van der Waals surface area contributed by atoms with E-state index in [1.54, 1.807) is 12.5 Å². The smallest absolute Gasteiger partial charge is 0.0981 e. The summed E-state index contributed by atoms with van der Waals surface area (Å²) in [6.07, 6.45) is 11.9. The second-order valence-electron chi connectivity index (χ2n) is 10.4. The number of H-pyrrole nitrogens is 1. The molecule has 1 aliphatic rings. The molecule has 0 spiro atoms. The van der Waals surface area contributed by atoms with Crippen LogP contribution in [0.4, 0.5) is 5.69 Å². The van der Waals surface area contributed by atoms with E-state index in [9.17, 15) is 0 Å². The van der Waals surface area contributed by atoms with Crippen LogP contribution in [-0.4, -0.2) is 20.2 Å². The number of hydrogen-bond donors (Lipinski definition) is 3. The van der Waals surface area contributed by atoms with Gasteiger partial charge in [-0.15, -0.1) is 0 Å². The second kappa shape index (κ2) is 11.4. The van der Waals surface area contributed by atoms with E-state index in [-0.39, 0.29) is 5.54 Å². The maximum atomic E-state index is 5.34. The monoisotopic (exact) mass is 542 g/mol. The highest BCUT2D eigenvalue weighted by Crippen LogP contribution is 2.44. The molecule has 0 fully saturated rings. The molecule has 0 bridgehead atoms. The molecule has 6 aromatic rings. The van der Waals surface area contributed by atoms with Crippen LogP contribution in [0.2, 0.25) is 0 Å². The average molecular weight is 543 g/mol. The van der Waals surface area contributed by atoms with E-state index < -0.39 is 0 Å². The van der Waals surface area contributed by atoms with Gasteiger partial charge in [0.1, 0.15) is 0 Å². The molecule has 7 heteroatoms. The highest BCUT2D eigenvalue weighted by atomic mass is 16.3. The normalized spacial score (nSPS) is 15.7. The molecular formula is C34H34N6O. The summed E-state index contributed by atoms with van der Waals surface area (Å²) >= 11 is 0. The number of pyridine rings is 2. The number of fused-ring (bicyclic) bond motifs is 2. The summed E-state index contributed by atoms with van der Waals surface area (Å²) in [4.78, 5) is 9.02. The standard InChI is InChI=1S/C32H28N6O.C2H6/c1-32(13-27-28(24-9-10-39-20-24)18-35-19-30(27)36-32)31-26-12-23(7-8-29(26)37-38-31)25-11-22(16-34-17-25)15-33-14-21-5-3-2-4-6-21;1-2/h2-12,16-20,33,36H,13-15H2,1H3,(H,37,38);1-2H3. The fourth-order valence-electron chi connectivity index (χ4n) is 5.60. The number of aromatic nitrogens is 4. The van der Waals surface area contributed by atoms with Gasteiger partial charge in [-0.05, 0) is 53.4 Å². The molecule has 1 aliphatic heterocycles. The molecule has 41 heavy (non-hydrogen) atoms. The summed E-state index contributed by atoms with van der Waals surface area (Å²) in [6, 6.07) is 21.0. The lowest BCUT2D eigenvalue weighted by Crippen LogP contribution is -2.29. The second-order valence-corrected chi connectivity index (χ2v) is 10.4. The van der Waals surface area contributed by atoms with Crippen LogP contribution >= 0.6 is 0 Å². The Morgan fingerprint density at radius 2 is 1.68 bits per heavy atom. The highest BCUT2D eigenvalue weighted by molar-refractivity contribution is 5.88. The van der Waals surface area contributed by atoms with Gasteiger partial charge in [0.15, 0.2) is 0 Å². The zero-order chi connectivity index (χ0) is 28.2. The van der Waals surface area contributed by atoms with Gasteiger partial charge in [0.05, 0.1) is 41.2 Å². The van der Waals surface area contributed by atoms with Crippen LogP contribution in [0.15, 0.2) is 102 Å². The first-order valence-electron chi connectivity index (χ1n) is 14.1. The fourth-order valence-corrected chi connectivity index (χ4v) is 5.60. The molecule has 0 saturated carbocycles. The van der Waals surface area contributed by atoms with Crippen LogP contribution in [0, 0.1) is 0 Å². The summed E-state index contributed by atoms with van der Waals surface area (Å²) in [7, 11) is 0. The van der Waals surface area contributed by atoms with Crippen molar-refractivity contribution in [1.29, 1.82) is 0 Å². The number of furan rings is 1. The lowest BCUT2D eigenvalue weighted by molar-refractivity contribution is 0.552. The number of anilines is 1. The highest BCUT2D eigenvalue weighted by Gasteiger charge is 2.38. The quantitative estimate of drug-likeness (QED) is 0.194. The van der Waals surface area contributed by atoms with Crippen molar-refractivity contribution in [3.05, 3.63) is 120 Å². The van der Waals surface area contributed by atoms with Crippen LogP contribution in [-0.2, 0) is 25.0 Å². The SMILES string of the molecule is CC.CC1(c2[nH]nc3ccc(-c4cncc(CNCc5ccccc5)c4)cc23)Cc2c(cncc2-c2ccoc2)N1. The third kappa shape index (κ3) is 5.24. The topological polar surface area (TPSA) is 91.7 Å². The molecule has 206 valence electrons. The van der Waals surface area contributed by atoms with E-state index in [4.69, 9.17) is 4.42 Å². The van der Waals surface area contributed by atoms with Crippen LogP contribution in [0.3, 0.4) is 0 Å². The van der Waals surface area contributed by atoms with Crippen molar-refractivity contribution in [2.45, 2.75) is 45.8 Å². The predicted molar refractivity (Wildman–Crippen MR) is 164 cm³/mol. The minimum atomic E-state index is -0.362. The van der Waals surface area contributed by atoms with Crippen molar-refractivity contribution in [1.82, 2.24) is 25.5 Å². The van der Waals surface area contributed by atoms with E-state index in [2.05, 4.69) is 86.3 Å². The lowest BCUT2D eigenvalue weighted by atomic mass is 9.89. The van der Waals surface area contributed by atoms with Gasteiger partial charge in [-0.3, -0.25) is 15.1 Å². The van der Waals surface area contributed by atoms with E-state index in [0.717, 1.165) is 69.6 Å². The molecule has 2 aromatic carbocycles. The molecule has 0 aliphatic carbocycles. The first-order valence-corrected chi connectivity index (χ1v) is 14.1. The Hall–Kier alpha value is -4.75. The van der Waals surface area contributed by atoms with Gasteiger partial charge in [-0.2, -0.15) is 5.10 Å². The van der Waals surface area contributed by atoms with Crippen molar-refractivity contribution in [2.75, 3.05) is 5.32 Å². The number of nitrogens with one attached hydrogen (secondary N) is 3. The minimum Gasteiger partial charge on any atom is -0.472 e. The van der Waals surface area contributed by atoms with Crippen molar-refractivity contribution in [3.63, 3.8) is 0 Å². The number of hydrogen-bond acceptors (Lipinski definition) is 6. The maximum Gasteiger partial charge on any atom is 0.0981 e. The van der Waals surface area contributed by atoms with Gasteiger partial charge in [0, 0.05) is 60.2 Å².